The van der Waals surface area contributed by atoms with Gasteiger partial charge in [0.15, 0.2) is 5.60 Å². The van der Waals surface area contributed by atoms with E-state index in [2.05, 4.69) is 0 Å². The van der Waals surface area contributed by atoms with Gasteiger partial charge in [0, 0.05) is 17.7 Å². The highest BCUT2D eigenvalue weighted by Gasteiger charge is 2.50. The van der Waals surface area contributed by atoms with Crippen molar-refractivity contribution in [3.8, 4) is 11.1 Å². The first-order valence-electron chi connectivity index (χ1n) is 7.72. The molecule has 0 unspecified atom stereocenters. The molecule has 5 nitrogen and oxygen atoms in total. The summed E-state index contributed by atoms with van der Waals surface area (Å²) in [7, 11) is 0. The van der Waals surface area contributed by atoms with Gasteiger partial charge in [-0.2, -0.15) is 0 Å². The molecular formula is C19H15NO4. The summed E-state index contributed by atoms with van der Waals surface area (Å²) in [5, 5.41) is 20.7. The number of amides is 1. The monoisotopic (exact) mass is 321 g/mol. The van der Waals surface area contributed by atoms with E-state index in [1.807, 2.05) is 24.3 Å². The molecule has 0 atom stereocenters. The van der Waals surface area contributed by atoms with Crippen molar-refractivity contribution in [1.82, 2.24) is 4.90 Å². The predicted octanol–water partition coefficient (Wildman–Crippen LogP) is 2.10. The van der Waals surface area contributed by atoms with Gasteiger partial charge in [-0.05, 0) is 17.5 Å². The summed E-state index contributed by atoms with van der Waals surface area (Å²) in [6.45, 7) is 0.257. The number of carboxylic acids is 1. The second kappa shape index (κ2) is 5.04. The number of hydrogen-bond donors (Lipinski definition) is 2. The highest BCUT2D eigenvalue weighted by atomic mass is 16.4. The first-order valence-corrected chi connectivity index (χ1v) is 7.72. The van der Waals surface area contributed by atoms with Crippen molar-refractivity contribution in [2.75, 3.05) is 6.54 Å². The maximum Gasteiger partial charge on any atom is 0.352 e. The molecule has 0 spiro atoms. The average molecular weight is 321 g/mol. The quantitative estimate of drug-likeness (QED) is 0.888. The molecule has 5 heteroatoms. The molecule has 2 aliphatic rings. The van der Waals surface area contributed by atoms with Crippen molar-refractivity contribution in [2.24, 2.45) is 0 Å². The molecule has 2 aromatic rings. The van der Waals surface area contributed by atoms with Crippen molar-refractivity contribution in [1.29, 1.82) is 0 Å². The number of fused-ring (bicyclic) bond motifs is 3. The molecule has 4 rings (SSSR count). The van der Waals surface area contributed by atoms with Crippen LogP contribution in [0.15, 0.2) is 60.3 Å². The molecule has 1 amide bonds. The lowest BCUT2D eigenvalue weighted by Gasteiger charge is -2.30. The Kier molecular flexibility index (Phi) is 3.08. The first kappa shape index (κ1) is 14.7. The molecule has 24 heavy (non-hydrogen) atoms. The summed E-state index contributed by atoms with van der Waals surface area (Å²) in [6, 6.07) is 14.4. The third kappa shape index (κ3) is 1.79. The number of carbonyl (C=O) groups is 2. The number of aliphatic hydroxyl groups is 1. The van der Waals surface area contributed by atoms with Gasteiger partial charge < -0.3 is 15.1 Å². The van der Waals surface area contributed by atoms with Gasteiger partial charge in [0.2, 0.25) is 0 Å². The topological polar surface area (TPSA) is 77.8 Å². The van der Waals surface area contributed by atoms with Gasteiger partial charge in [-0.1, -0.05) is 54.6 Å². The third-order valence-electron chi connectivity index (χ3n) is 4.68. The number of rotatable bonds is 2. The minimum atomic E-state index is -1.87. The number of nitrogens with zero attached hydrogens (tertiary/aromatic N) is 1. The van der Waals surface area contributed by atoms with E-state index in [0.29, 0.717) is 17.5 Å². The molecule has 0 fully saturated rings. The fourth-order valence-corrected chi connectivity index (χ4v) is 3.61. The fourth-order valence-electron chi connectivity index (χ4n) is 3.61. The Morgan fingerprint density at radius 2 is 1.50 bits per heavy atom. The van der Waals surface area contributed by atoms with Crippen LogP contribution >= 0.6 is 0 Å². The second-order valence-corrected chi connectivity index (χ2v) is 5.94. The summed E-state index contributed by atoms with van der Waals surface area (Å²) < 4.78 is 0. The van der Waals surface area contributed by atoms with Gasteiger partial charge in [0.05, 0.1) is 0 Å². The third-order valence-corrected chi connectivity index (χ3v) is 4.68. The Hall–Kier alpha value is -2.92. The van der Waals surface area contributed by atoms with Crippen LogP contribution in [0.2, 0.25) is 0 Å². The van der Waals surface area contributed by atoms with Crippen LogP contribution in [0.3, 0.4) is 0 Å². The molecule has 0 radical (unpaired) electrons. The number of benzene rings is 2. The summed E-state index contributed by atoms with van der Waals surface area (Å²) in [5.41, 5.74) is 0.635. The minimum absolute atomic E-state index is 0.0738. The highest BCUT2D eigenvalue weighted by molar-refractivity contribution is 6.02. The van der Waals surface area contributed by atoms with Gasteiger partial charge in [-0.15, -0.1) is 0 Å². The molecule has 2 N–H and O–H groups in total. The SMILES string of the molecule is O=C(O)C1=CCCN1C(=O)C1(O)c2ccccc2-c2ccccc21. The number of hydrogen-bond acceptors (Lipinski definition) is 3. The van der Waals surface area contributed by atoms with Crippen LogP contribution < -0.4 is 0 Å². The summed E-state index contributed by atoms with van der Waals surface area (Å²) in [6.07, 6.45) is 1.98. The van der Waals surface area contributed by atoms with Crippen molar-refractivity contribution < 1.29 is 19.8 Å². The van der Waals surface area contributed by atoms with Gasteiger partial charge in [0.1, 0.15) is 5.70 Å². The van der Waals surface area contributed by atoms with Crippen LogP contribution in [0, 0.1) is 0 Å². The van der Waals surface area contributed by atoms with Crippen molar-refractivity contribution in [2.45, 2.75) is 12.0 Å². The molecule has 0 aromatic heterocycles. The Morgan fingerprint density at radius 3 is 2.04 bits per heavy atom. The Morgan fingerprint density at radius 1 is 0.958 bits per heavy atom. The van der Waals surface area contributed by atoms with Gasteiger partial charge in [0.25, 0.3) is 5.91 Å². The summed E-state index contributed by atoms with van der Waals surface area (Å²) >= 11 is 0. The molecule has 120 valence electrons. The van der Waals surface area contributed by atoms with Crippen LogP contribution in [0.1, 0.15) is 17.5 Å². The fraction of sp³-hybridized carbons (Fsp3) is 0.158. The number of aliphatic carboxylic acids is 1. The maximum atomic E-state index is 13.2. The van der Waals surface area contributed by atoms with E-state index in [4.69, 9.17) is 0 Å². The lowest BCUT2D eigenvalue weighted by Crippen LogP contribution is -2.46. The molecule has 1 aliphatic heterocycles. The lowest BCUT2D eigenvalue weighted by atomic mass is 9.89. The Balaban J connectivity index is 1.89. The maximum absolute atomic E-state index is 13.2. The normalized spacial score (nSPS) is 17.2. The van der Waals surface area contributed by atoms with E-state index in [1.165, 1.54) is 11.0 Å². The van der Waals surface area contributed by atoms with Crippen molar-refractivity contribution in [3.63, 3.8) is 0 Å². The molecule has 0 saturated carbocycles. The number of carbonyl (C=O) groups excluding carboxylic acids is 1. The summed E-state index contributed by atoms with van der Waals surface area (Å²) in [4.78, 5) is 25.7. The van der Waals surface area contributed by atoms with Crippen molar-refractivity contribution in [3.05, 3.63) is 71.4 Å². The van der Waals surface area contributed by atoms with Crippen LogP contribution in [-0.4, -0.2) is 33.5 Å². The van der Waals surface area contributed by atoms with Crippen LogP contribution in [0.4, 0.5) is 0 Å². The smallest absolute Gasteiger partial charge is 0.352 e. The van der Waals surface area contributed by atoms with Gasteiger partial charge in [-0.25, -0.2) is 4.79 Å². The second-order valence-electron chi connectivity index (χ2n) is 5.94. The molecule has 1 aliphatic carbocycles. The van der Waals surface area contributed by atoms with Crippen molar-refractivity contribution >= 4 is 11.9 Å². The van der Waals surface area contributed by atoms with Crippen LogP contribution in [-0.2, 0) is 15.2 Å². The van der Waals surface area contributed by atoms with Crippen LogP contribution in [0.5, 0.6) is 0 Å². The zero-order chi connectivity index (χ0) is 16.9. The van der Waals surface area contributed by atoms with E-state index in [1.54, 1.807) is 24.3 Å². The van der Waals surface area contributed by atoms with E-state index < -0.39 is 17.5 Å². The van der Waals surface area contributed by atoms with E-state index in [-0.39, 0.29) is 12.2 Å². The van der Waals surface area contributed by atoms with Gasteiger partial charge in [-0.3, -0.25) is 4.79 Å². The molecular weight excluding hydrogens is 306 g/mol. The molecule has 2 aromatic carbocycles. The highest BCUT2D eigenvalue weighted by Crippen LogP contribution is 2.48. The van der Waals surface area contributed by atoms with E-state index in [0.717, 1.165) is 11.1 Å². The predicted molar refractivity (Wildman–Crippen MR) is 86.9 cm³/mol. The molecule has 0 saturated heterocycles. The lowest BCUT2D eigenvalue weighted by molar-refractivity contribution is -0.149. The van der Waals surface area contributed by atoms with Crippen LogP contribution in [0.25, 0.3) is 11.1 Å². The van der Waals surface area contributed by atoms with E-state index >= 15 is 0 Å². The molecule has 0 bridgehead atoms. The zero-order valence-corrected chi connectivity index (χ0v) is 12.8. The minimum Gasteiger partial charge on any atom is -0.477 e. The zero-order valence-electron chi connectivity index (χ0n) is 12.8. The average Bonchev–Trinajstić information content (AvgIpc) is 3.18. The Labute approximate surface area is 138 Å². The Bertz CT molecular complexity index is 854. The largest absolute Gasteiger partial charge is 0.477 e. The molecule has 1 heterocycles. The number of carboxylic acid groups (broad SMARTS) is 1. The summed E-state index contributed by atoms with van der Waals surface area (Å²) in [5.74, 6) is -1.78. The first-order chi connectivity index (χ1) is 11.5. The van der Waals surface area contributed by atoms with E-state index in [9.17, 15) is 19.8 Å². The standard InChI is InChI=1S/C19H15NO4/c21-17(22)16-10-5-11-20(16)18(23)19(24)14-8-3-1-6-12(14)13-7-2-4-9-15(13)19/h1-4,6-10,24H,5,11H2,(H,21,22). The van der Waals surface area contributed by atoms with Gasteiger partial charge >= 0.3 is 5.97 Å².